The molecule has 2 aromatic rings. The smallest absolute Gasteiger partial charge is 0.407 e. The average molecular weight is 693 g/mol. The molecule has 0 aromatic heterocycles. The molecule has 51 heavy (non-hydrogen) atoms. The number of benzene rings is 2. The number of rotatable bonds is 8. The summed E-state index contributed by atoms with van der Waals surface area (Å²) in [4.78, 5) is 31.5. The maximum Gasteiger partial charge on any atom is 0.407 e. The van der Waals surface area contributed by atoms with Gasteiger partial charge in [0.05, 0.1) is 25.8 Å². The molecule has 5 aliphatic carbocycles. The maximum atomic E-state index is 13.5. The van der Waals surface area contributed by atoms with Gasteiger partial charge in [0, 0.05) is 17.5 Å². The number of nitrogens with zero attached hydrogens (tertiary/aromatic N) is 1. The lowest BCUT2D eigenvalue weighted by Crippen LogP contribution is -2.53. The van der Waals surface area contributed by atoms with Crippen LogP contribution in [-0.2, 0) is 19.0 Å². The number of carbonyl (C=O) groups excluding carboxylic acids is 2. The van der Waals surface area contributed by atoms with Gasteiger partial charge in [0.1, 0.15) is 6.61 Å². The van der Waals surface area contributed by atoms with E-state index in [1.165, 1.54) is 48.8 Å². The Balaban J connectivity index is 0.894. The Bertz CT molecular complexity index is 1690. The van der Waals surface area contributed by atoms with Crippen LogP contribution in [0.2, 0.25) is 0 Å². The minimum absolute atomic E-state index is 0.0272. The summed E-state index contributed by atoms with van der Waals surface area (Å²) in [6.07, 6.45) is 11.1. The van der Waals surface area contributed by atoms with Crippen LogP contribution in [0.3, 0.4) is 0 Å². The molecule has 7 heteroatoms. The standard InChI is InChI=1S/C44H56N2O5/c1-27(2)40(46-41(48)49-26-35-32-12-8-6-10-30(32)31-11-7-9-13-33(31)35)38(47)25-45-29-18-20-42(3)28(24-29)14-15-34-36-16-17-39(44(5)50-22-23-51-44)43(36,4)21-19-37(34)42/h6-13,24,27,34-37,39-40H,14-23,25-26H2,1-5H3,(H,46,48)/t34?,36?,37?,39-,40-,42-,43-/m0/s1. The summed E-state index contributed by atoms with van der Waals surface area (Å²) in [5.41, 5.74) is 7.74. The Morgan fingerprint density at radius 3 is 2.25 bits per heavy atom. The van der Waals surface area contributed by atoms with Crippen molar-refractivity contribution < 1.29 is 23.8 Å². The van der Waals surface area contributed by atoms with Crippen LogP contribution in [0.4, 0.5) is 4.79 Å². The van der Waals surface area contributed by atoms with Crippen molar-refractivity contribution in [3.63, 3.8) is 0 Å². The van der Waals surface area contributed by atoms with E-state index in [0.29, 0.717) is 25.0 Å². The molecule has 1 heterocycles. The van der Waals surface area contributed by atoms with Gasteiger partial charge >= 0.3 is 6.09 Å². The zero-order chi connectivity index (χ0) is 35.5. The van der Waals surface area contributed by atoms with Crippen molar-refractivity contribution in [1.82, 2.24) is 5.32 Å². The number of allylic oxidation sites excluding steroid dienone is 2. The highest BCUT2D eigenvalue weighted by Gasteiger charge is 2.63. The molecule has 1 aliphatic heterocycles. The number of nitrogens with one attached hydrogen (secondary N) is 1. The molecule has 1 N–H and O–H groups in total. The zero-order valence-corrected chi connectivity index (χ0v) is 31.2. The number of amides is 1. The van der Waals surface area contributed by atoms with Crippen LogP contribution in [0, 0.1) is 40.4 Å². The van der Waals surface area contributed by atoms with E-state index in [1.54, 1.807) is 0 Å². The molecule has 272 valence electrons. The molecule has 8 rings (SSSR count). The van der Waals surface area contributed by atoms with E-state index in [-0.39, 0.29) is 41.6 Å². The van der Waals surface area contributed by atoms with Crippen LogP contribution in [-0.4, -0.2) is 55.8 Å². The molecule has 3 unspecified atom stereocenters. The minimum atomic E-state index is -0.656. The molecule has 3 saturated carbocycles. The maximum absolute atomic E-state index is 13.5. The van der Waals surface area contributed by atoms with Gasteiger partial charge in [0.25, 0.3) is 0 Å². The average Bonchev–Trinajstić information content (AvgIpc) is 3.82. The van der Waals surface area contributed by atoms with Gasteiger partial charge in [0.15, 0.2) is 11.6 Å². The van der Waals surface area contributed by atoms with Gasteiger partial charge in [-0.25, -0.2) is 4.79 Å². The number of hydrogen-bond acceptors (Lipinski definition) is 6. The second-order valence-corrected chi connectivity index (χ2v) is 17.4. The molecule has 1 amide bonds. The number of hydrogen-bond donors (Lipinski definition) is 1. The third-order valence-corrected chi connectivity index (χ3v) is 14.5. The third-order valence-electron chi connectivity index (χ3n) is 14.5. The largest absolute Gasteiger partial charge is 0.449 e. The molecule has 4 fully saturated rings. The Morgan fingerprint density at radius 1 is 0.882 bits per heavy atom. The normalized spacial score (nSPS) is 33.5. The predicted octanol–water partition coefficient (Wildman–Crippen LogP) is 8.90. The molecule has 7 nitrogen and oxygen atoms in total. The molecule has 1 saturated heterocycles. The molecular weight excluding hydrogens is 636 g/mol. The summed E-state index contributed by atoms with van der Waals surface area (Å²) in [5, 5.41) is 2.89. The monoisotopic (exact) mass is 692 g/mol. The lowest BCUT2D eigenvalue weighted by atomic mass is 9.46. The molecule has 0 spiro atoms. The first-order chi connectivity index (χ1) is 24.5. The van der Waals surface area contributed by atoms with Crippen molar-refractivity contribution >= 4 is 17.6 Å². The number of ketones is 1. The fourth-order valence-corrected chi connectivity index (χ4v) is 12.0. The van der Waals surface area contributed by atoms with Crippen molar-refractivity contribution in [3.8, 4) is 11.1 Å². The van der Waals surface area contributed by atoms with Crippen LogP contribution in [0.5, 0.6) is 0 Å². The summed E-state index contributed by atoms with van der Waals surface area (Å²) >= 11 is 0. The number of Topliss-reactive ketones (excluding diaryl/α,β-unsaturated/α-hetero) is 1. The second kappa shape index (κ2) is 13.3. The number of alkyl carbamates (subject to hydrolysis) is 1. The minimum Gasteiger partial charge on any atom is -0.449 e. The topological polar surface area (TPSA) is 86.2 Å². The first-order valence-electron chi connectivity index (χ1n) is 19.7. The Labute approximate surface area is 304 Å². The van der Waals surface area contributed by atoms with Crippen molar-refractivity contribution in [3.05, 3.63) is 71.3 Å². The van der Waals surface area contributed by atoms with E-state index in [1.807, 2.05) is 38.1 Å². The van der Waals surface area contributed by atoms with Crippen LogP contribution in [0.15, 0.2) is 65.2 Å². The first kappa shape index (κ1) is 34.8. The van der Waals surface area contributed by atoms with Crippen LogP contribution in [0.25, 0.3) is 11.1 Å². The van der Waals surface area contributed by atoms with Crippen LogP contribution in [0.1, 0.15) is 103 Å². The Kier molecular flexibility index (Phi) is 9.06. The summed E-state index contributed by atoms with van der Waals surface area (Å²) in [5.74, 6) is 2.04. The first-order valence-corrected chi connectivity index (χ1v) is 19.7. The zero-order valence-electron chi connectivity index (χ0n) is 31.2. The van der Waals surface area contributed by atoms with Gasteiger partial charge in [0.2, 0.25) is 0 Å². The highest BCUT2D eigenvalue weighted by atomic mass is 16.7. The van der Waals surface area contributed by atoms with Crippen molar-refractivity contribution in [2.45, 2.75) is 104 Å². The molecule has 0 radical (unpaired) electrons. The molecular formula is C44H56N2O5. The van der Waals surface area contributed by atoms with Crippen molar-refractivity contribution in [2.75, 3.05) is 26.4 Å². The molecule has 7 atom stereocenters. The molecule has 6 aliphatic rings. The Hall–Kier alpha value is -3.29. The van der Waals surface area contributed by atoms with Gasteiger partial charge in [-0.3, -0.25) is 9.79 Å². The highest BCUT2D eigenvalue weighted by Crippen LogP contribution is 2.68. The van der Waals surface area contributed by atoms with E-state index in [2.05, 4.69) is 56.4 Å². The van der Waals surface area contributed by atoms with E-state index < -0.39 is 17.9 Å². The van der Waals surface area contributed by atoms with Gasteiger partial charge in [-0.2, -0.15) is 0 Å². The van der Waals surface area contributed by atoms with Gasteiger partial charge in [-0.1, -0.05) is 81.8 Å². The third kappa shape index (κ3) is 5.91. The second-order valence-electron chi connectivity index (χ2n) is 17.4. The van der Waals surface area contributed by atoms with Gasteiger partial charge in [-0.15, -0.1) is 0 Å². The number of carbonyl (C=O) groups is 2. The van der Waals surface area contributed by atoms with E-state index in [9.17, 15) is 9.59 Å². The van der Waals surface area contributed by atoms with Crippen molar-refractivity contribution in [2.24, 2.45) is 45.4 Å². The summed E-state index contributed by atoms with van der Waals surface area (Å²) in [6, 6.07) is 15.9. The fraction of sp³-hybridized carbons (Fsp3) is 0.614. The van der Waals surface area contributed by atoms with Gasteiger partial charge in [-0.05, 0) is 121 Å². The fourth-order valence-electron chi connectivity index (χ4n) is 12.0. The predicted molar refractivity (Wildman–Crippen MR) is 200 cm³/mol. The summed E-state index contributed by atoms with van der Waals surface area (Å²) in [7, 11) is 0. The number of fused-ring (bicyclic) bond motifs is 8. The van der Waals surface area contributed by atoms with E-state index >= 15 is 0 Å². The summed E-state index contributed by atoms with van der Waals surface area (Å²) in [6.45, 7) is 12.9. The molecule has 2 aromatic carbocycles. The van der Waals surface area contributed by atoms with E-state index in [4.69, 9.17) is 19.2 Å². The lowest BCUT2D eigenvalue weighted by molar-refractivity contribution is -0.214. The number of ether oxygens (including phenoxy) is 3. The van der Waals surface area contributed by atoms with E-state index in [0.717, 1.165) is 47.9 Å². The molecule has 0 bridgehead atoms. The van der Waals surface area contributed by atoms with Crippen LogP contribution < -0.4 is 5.32 Å². The number of aliphatic imine (C=N–C) groups is 1. The van der Waals surface area contributed by atoms with Crippen LogP contribution >= 0.6 is 0 Å². The van der Waals surface area contributed by atoms with Crippen molar-refractivity contribution in [1.29, 1.82) is 0 Å². The highest BCUT2D eigenvalue weighted by molar-refractivity contribution is 5.99. The SMILES string of the molecule is CC(C)[C@H](NC(=O)OCC1c2ccccc2-c2ccccc21)C(=O)CN=C1C=C2CCC3C(CC[C@@]4(C)C3CC[C@@H]4C3(C)OCCO3)[C@@]2(C)CC1. The van der Waals surface area contributed by atoms with Gasteiger partial charge < -0.3 is 19.5 Å². The Morgan fingerprint density at radius 2 is 1.57 bits per heavy atom. The quantitative estimate of drug-likeness (QED) is 0.299. The lowest BCUT2D eigenvalue weighted by Gasteiger charge is -2.59. The summed E-state index contributed by atoms with van der Waals surface area (Å²) < 4.78 is 18.3.